The van der Waals surface area contributed by atoms with Crippen molar-refractivity contribution in [1.82, 2.24) is 9.78 Å². The van der Waals surface area contributed by atoms with Crippen LogP contribution >= 0.6 is 0 Å². The van der Waals surface area contributed by atoms with Crippen molar-refractivity contribution in [3.8, 4) is 5.75 Å². The highest BCUT2D eigenvalue weighted by Gasteiger charge is 2.32. The van der Waals surface area contributed by atoms with E-state index in [0.717, 1.165) is 43.2 Å². The third-order valence-electron chi connectivity index (χ3n) is 5.02. The first-order valence-corrected chi connectivity index (χ1v) is 8.82. The molecule has 0 radical (unpaired) electrons. The molecular weight excluding hydrogens is 318 g/mol. The van der Waals surface area contributed by atoms with E-state index in [4.69, 9.17) is 9.47 Å². The first kappa shape index (κ1) is 16.1. The van der Waals surface area contributed by atoms with Gasteiger partial charge in [-0.1, -0.05) is 12.1 Å². The molecule has 1 fully saturated rings. The smallest absolute Gasteiger partial charge is 0.277 e. The molecule has 0 saturated carbocycles. The molecule has 0 bridgehead atoms. The quantitative estimate of drug-likeness (QED) is 0.843. The van der Waals surface area contributed by atoms with Gasteiger partial charge in [-0.2, -0.15) is 5.10 Å². The van der Waals surface area contributed by atoms with Crippen molar-refractivity contribution in [3.05, 3.63) is 41.7 Å². The minimum Gasteiger partial charge on any atom is -0.489 e. The zero-order chi connectivity index (χ0) is 17.4. The third kappa shape index (κ3) is 2.91. The lowest BCUT2D eigenvalue weighted by Crippen LogP contribution is -2.45. The fourth-order valence-corrected chi connectivity index (χ4v) is 3.62. The van der Waals surface area contributed by atoms with E-state index in [-0.39, 0.29) is 11.9 Å². The summed E-state index contributed by atoms with van der Waals surface area (Å²) in [5, 5.41) is 4.61. The van der Waals surface area contributed by atoms with Crippen LogP contribution < -0.4 is 9.64 Å². The molecule has 0 aliphatic carbocycles. The Labute approximate surface area is 147 Å². The monoisotopic (exact) mass is 341 g/mol. The number of carbonyl (C=O) groups is 1. The highest BCUT2D eigenvalue weighted by Crippen LogP contribution is 2.35. The number of para-hydroxylation sites is 2. The van der Waals surface area contributed by atoms with Gasteiger partial charge < -0.3 is 9.47 Å². The molecule has 6 heteroatoms. The van der Waals surface area contributed by atoms with Gasteiger partial charge in [0.2, 0.25) is 0 Å². The van der Waals surface area contributed by atoms with Gasteiger partial charge >= 0.3 is 0 Å². The molecule has 1 aromatic heterocycles. The predicted molar refractivity (Wildman–Crippen MR) is 94.2 cm³/mol. The maximum absolute atomic E-state index is 13.3. The van der Waals surface area contributed by atoms with Crippen molar-refractivity contribution in [2.24, 2.45) is 7.05 Å². The topological polar surface area (TPSA) is 56.6 Å². The van der Waals surface area contributed by atoms with Crippen LogP contribution in [-0.2, 0) is 11.8 Å². The normalized spacial score (nSPS) is 20.9. The van der Waals surface area contributed by atoms with Gasteiger partial charge in [0.15, 0.2) is 0 Å². The van der Waals surface area contributed by atoms with E-state index in [1.165, 1.54) is 0 Å². The number of fused-ring (bicyclic) bond motifs is 1. The molecule has 1 saturated heterocycles. The highest BCUT2D eigenvalue weighted by molar-refractivity contribution is 6.06. The number of carbonyl (C=O) groups excluding carboxylic acids is 1. The van der Waals surface area contributed by atoms with Gasteiger partial charge in [0.05, 0.1) is 17.4 Å². The summed E-state index contributed by atoms with van der Waals surface area (Å²) in [4.78, 5) is 15.1. The SMILES string of the molecule is CC1COc2ccccc2N1C(=O)c1cc(C2CCOCC2)nn1C. The number of anilines is 1. The lowest BCUT2D eigenvalue weighted by Gasteiger charge is -2.34. The van der Waals surface area contributed by atoms with Crippen LogP contribution in [0.4, 0.5) is 5.69 Å². The number of hydrogen-bond acceptors (Lipinski definition) is 4. The predicted octanol–water partition coefficient (Wildman–Crippen LogP) is 2.74. The zero-order valence-corrected chi connectivity index (χ0v) is 14.6. The van der Waals surface area contributed by atoms with E-state index in [9.17, 15) is 4.79 Å². The molecule has 0 spiro atoms. The van der Waals surface area contributed by atoms with Gasteiger partial charge in [-0.25, -0.2) is 0 Å². The summed E-state index contributed by atoms with van der Waals surface area (Å²) in [7, 11) is 1.84. The molecule has 2 aliphatic heterocycles. The fraction of sp³-hybridized carbons (Fsp3) is 0.474. The molecule has 1 aromatic carbocycles. The van der Waals surface area contributed by atoms with Crippen molar-refractivity contribution >= 4 is 11.6 Å². The average molecular weight is 341 g/mol. The summed E-state index contributed by atoms with van der Waals surface area (Å²) < 4.78 is 12.9. The summed E-state index contributed by atoms with van der Waals surface area (Å²) in [5.41, 5.74) is 2.42. The Balaban J connectivity index is 1.66. The maximum atomic E-state index is 13.3. The minimum absolute atomic E-state index is 0.0242. The van der Waals surface area contributed by atoms with Crippen molar-refractivity contribution in [2.45, 2.75) is 31.7 Å². The minimum atomic E-state index is -0.0310. The number of amides is 1. The zero-order valence-electron chi connectivity index (χ0n) is 14.6. The van der Waals surface area contributed by atoms with Crippen LogP contribution in [-0.4, -0.2) is 41.6 Å². The summed E-state index contributed by atoms with van der Waals surface area (Å²) in [6.07, 6.45) is 1.92. The molecule has 3 heterocycles. The van der Waals surface area contributed by atoms with E-state index in [2.05, 4.69) is 5.10 Å². The number of rotatable bonds is 2. The summed E-state index contributed by atoms with van der Waals surface area (Å²) in [6, 6.07) is 9.60. The third-order valence-corrected chi connectivity index (χ3v) is 5.02. The molecule has 0 N–H and O–H groups in total. The fourth-order valence-electron chi connectivity index (χ4n) is 3.62. The highest BCUT2D eigenvalue weighted by atomic mass is 16.5. The standard InChI is InChI=1S/C19H23N3O3/c1-13-12-25-18-6-4-3-5-16(18)22(13)19(23)17-11-15(20-21(17)2)14-7-9-24-10-8-14/h3-6,11,13-14H,7-10,12H2,1-2H3. The number of benzene rings is 1. The van der Waals surface area contributed by atoms with E-state index < -0.39 is 0 Å². The number of hydrogen-bond donors (Lipinski definition) is 0. The van der Waals surface area contributed by atoms with Crippen LogP contribution in [0.3, 0.4) is 0 Å². The van der Waals surface area contributed by atoms with Crippen molar-refractivity contribution < 1.29 is 14.3 Å². The molecule has 4 rings (SSSR count). The van der Waals surface area contributed by atoms with Gasteiger partial charge in [0.1, 0.15) is 18.1 Å². The van der Waals surface area contributed by atoms with E-state index in [1.54, 1.807) is 4.68 Å². The molecule has 2 aromatic rings. The Morgan fingerprint density at radius 1 is 1.24 bits per heavy atom. The molecule has 1 unspecified atom stereocenters. The molecule has 1 atom stereocenters. The lowest BCUT2D eigenvalue weighted by atomic mass is 9.96. The Kier molecular flexibility index (Phi) is 4.21. The molecule has 2 aliphatic rings. The second kappa shape index (κ2) is 6.52. The average Bonchev–Trinajstić information content (AvgIpc) is 3.04. The maximum Gasteiger partial charge on any atom is 0.277 e. The van der Waals surface area contributed by atoms with E-state index >= 15 is 0 Å². The molecule has 25 heavy (non-hydrogen) atoms. The first-order chi connectivity index (χ1) is 12.1. The largest absolute Gasteiger partial charge is 0.489 e. The van der Waals surface area contributed by atoms with Crippen LogP contribution in [0.5, 0.6) is 5.75 Å². The van der Waals surface area contributed by atoms with Gasteiger partial charge in [0, 0.05) is 26.2 Å². The number of nitrogens with zero attached hydrogens (tertiary/aromatic N) is 3. The number of aryl methyl sites for hydroxylation is 1. The molecule has 132 valence electrons. The first-order valence-electron chi connectivity index (χ1n) is 8.82. The van der Waals surface area contributed by atoms with Gasteiger partial charge in [-0.05, 0) is 38.0 Å². The Morgan fingerprint density at radius 3 is 2.80 bits per heavy atom. The van der Waals surface area contributed by atoms with Crippen LogP contribution in [0.15, 0.2) is 30.3 Å². The van der Waals surface area contributed by atoms with E-state index in [0.29, 0.717) is 18.2 Å². The number of ether oxygens (including phenoxy) is 2. The molecule has 1 amide bonds. The second-order valence-corrected chi connectivity index (χ2v) is 6.77. The van der Waals surface area contributed by atoms with Crippen LogP contribution in [0, 0.1) is 0 Å². The van der Waals surface area contributed by atoms with Gasteiger partial charge in [-0.15, -0.1) is 0 Å². The molecular formula is C19H23N3O3. The molecule has 6 nitrogen and oxygen atoms in total. The number of aromatic nitrogens is 2. The summed E-state index contributed by atoms with van der Waals surface area (Å²) >= 11 is 0. The van der Waals surface area contributed by atoms with Crippen LogP contribution in [0.1, 0.15) is 41.9 Å². The Hall–Kier alpha value is -2.34. The van der Waals surface area contributed by atoms with Gasteiger partial charge in [-0.3, -0.25) is 14.4 Å². The van der Waals surface area contributed by atoms with Gasteiger partial charge in [0.25, 0.3) is 5.91 Å². The van der Waals surface area contributed by atoms with E-state index in [1.807, 2.05) is 49.2 Å². The van der Waals surface area contributed by atoms with Crippen LogP contribution in [0.2, 0.25) is 0 Å². The van der Waals surface area contributed by atoms with Crippen LogP contribution in [0.25, 0.3) is 0 Å². The summed E-state index contributed by atoms with van der Waals surface area (Å²) in [6.45, 7) is 4.02. The Bertz CT molecular complexity index is 780. The lowest BCUT2D eigenvalue weighted by molar-refractivity contribution is 0.0844. The summed E-state index contributed by atoms with van der Waals surface area (Å²) in [5.74, 6) is 1.09. The second-order valence-electron chi connectivity index (χ2n) is 6.77. The van der Waals surface area contributed by atoms with Crippen molar-refractivity contribution in [3.63, 3.8) is 0 Å². The van der Waals surface area contributed by atoms with Crippen molar-refractivity contribution in [2.75, 3.05) is 24.7 Å². The Morgan fingerprint density at radius 2 is 2.00 bits per heavy atom. The van der Waals surface area contributed by atoms with Crippen molar-refractivity contribution in [1.29, 1.82) is 0 Å².